The van der Waals surface area contributed by atoms with Crippen molar-refractivity contribution in [2.45, 2.75) is 27.2 Å². The zero-order chi connectivity index (χ0) is 11.4. The van der Waals surface area contributed by atoms with E-state index in [1.54, 1.807) is 13.0 Å². The van der Waals surface area contributed by atoms with E-state index in [0.29, 0.717) is 12.1 Å². The maximum absolute atomic E-state index is 11.6. The molecule has 80 valence electrons. The van der Waals surface area contributed by atoms with Gasteiger partial charge in [-0.25, -0.2) is 0 Å². The molecule has 0 spiro atoms. The number of nitrogens with zero attached hydrogens (tertiary/aromatic N) is 1. The van der Waals surface area contributed by atoms with E-state index >= 15 is 0 Å². The van der Waals surface area contributed by atoms with Gasteiger partial charge in [0.25, 0.3) is 0 Å². The lowest BCUT2D eigenvalue weighted by molar-refractivity contribution is -0.125. The number of amides is 2. The van der Waals surface area contributed by atoms with Crippen LogP contribution in [0.4, 0.5) is 5.69 Å². The third kappa shape index (κ3) is 2.43. The minimum Gasteiger partial charge on any atom is -0.274 e. The highest BCUT2D eigenvalue weighted by atomic mass is 16.2. The van der Waals surface area contributed by atoms with Gasteiger partial charge in [-0.05, 0) is 18.6 Å². The van der Waals surface area contributed by atoms with Gasteiger partial charge in [-0.3, -0.25) is 14.5 Å². The van der Waals surface area contributed by atoms with Crippen LogP contribution < -0.4 is 4.90 Å². The van der Waals surface area contributed by atoms with Crippen LogP contribution in [0.1, 0.15) is 25.8 Å². The normalized spacial score (nSPS) is 9.80. The van der Waals surface area contributed by atoms with Crippen molar-refractivity contribution < 1.29 is 9.59 Å². The summed E-state index contributed by atoms with van der Waals surface area (Å²) in [6.45, 7) is 5.03. The molecule has 3 heteroatoms. The summed E-state index contributed by atoms with van der Waals surface area (Å²) in [5.41, 5.74) is 1.60. The molecule has 0 heterocycles. The number of anilines is 1. The first-order valence-corrected chi connectivity index (χ1v) is 4.97. The number of carbonyl (C=O) groups excluding carboxylic acids is 2. The van der Waals surface area contributed by atoms with Gasteiger partial charge in [0.05, 0.1) is 5.69 Å². The first kappa shape index (κ1) is 11.4. The van der Waals surface area contributed by atoms with Crippen molar-refractivity contribution in [3.63, 3.8) is 0 Å². The van der Waals surface area contributed by atoms with E-state index in [1.807, 2.05) is 25.1 Å². The zero-order valence-electron chi connectivity index (χ0n) is 9.28. The van der Waals surface area contributed by atoms with Gasteiger partial charge in [0.15, 0.2) is 0 Å². The summed E-state index contributed by atoms with van der Waals surface area (Å²) in [4.78, 5) is 24.2. The molecule has 0 saturated carbocycles. The number of benzene rings is 1. The minimum atomic E-state index is -0.240. The molecule has 1 aromatic carbocycles. The Bertz CT molecular complexity index is 385. The molecule has 0 aliphatic carbocycles. The van der Waals surface area contributed by atoms with Crippen LogP contribution in [-0.2, 0) is 9.59 Å². The maximum Gasteiger partial charge on any atom is 0.233 e. The molecule has 3 nitrogen and oxygen atoms in total. The average molecular weight is 205 g/mol. The van der Waals surface area contributed by atoms with Gasteiger partial charge in [0.2, 0.25) is 11.8 Å². The molecular weight excluding hydrogens is 190 g/mol. The van der Waals surface area contributed by atoms with Crippen molar-refractivity contribution in [3.05, 3.63) is 29.8 Å². The number of para-hydroxylation sites is 1. The lowest BCUT2D eigenvalue weighted by Gasteiger charge is -2.20. The number of imide groups is 1. The van der Waals surface area contributed by atoms with Crippen molar-refractivity contribution in [1.29, 1.82) is 0 Å². The van der Waals surface area contributed by atoms with Gasteiger partial charge in [0.1, 0.15) is 0 Å². The summed E-state index contributed by atoms with van der Waals surface area (Å²) < 4.78 is 0. The largest absolute Gasteiger partial charge is 0.274 e. The topological polar surface area (TPSA) is 37.4 Å². The average Bonchev–Trinajstić information content (AvgIpc) is 2.20. The third-order valence-corrected chi connectivity index (χ3v) is 2.22. The van der Waals surface area contributed by atoms with E-state index in [-0.39, 0.29) is 11.8 Å². The van der Waals surface area contributed by atoms with Crippen LogP contribution in [-0.4, -0.2) is 11.8 Å². The molecular formula is C12H15NO2. The first-order valence-electron chi connectivity index (χ1n) is 4.97. The predicted octanol–water partition coefficient (Wildman–Crippen LogP) is 2.28. The van der Waals surface area contributed by atoms with Crippen LogP contribution in [0.3, 0.4) is 0 Å². The molecule has 0 fully saturated rings. The Labute approximate surface area is 89.7 Å². The zero-order valence-corrected chi connectivity index (χ0v) is 9.28. The second kappa shape index (κ2) is 4.73. The van der Waals surface area contributed by atoms with E-state index in [0.717, 1.165) is 5.56 Å². The van der Waals surface area contributed by atoms with Crippen molar-refractivity contribution >= 4 is 17.5 Å². The van der Waals surface area contributed by atoms with Crippen LogP contribution in [0.2, 0.25) is 0 Å². The summed E-state index contributed by atoms with van der Waals surface area (Å²) in [7, 11) is 0. The summed E-state index contributed by atoms with van der Waals surface area (Å²) in [6.07, 6.45) is 0.327. The number of hydrogen-bond donors (Lipinski definition) is 0. The molecule has 1 aromatic rings. The van der Waals surface area contributed by atoms with E-state index in [1.165, 1.54) is 11.8 Å². The van der Waals surface area contributed by atoms with Gasteiger partial charge < -0.3 is 0 Å². The number of hydrogen-bond acceptors (Lipinski definition) is 2. The highest BCUT2D eigenvalue weighted by molar-refractivity contribution is 6.14. The van der Waals surface area contributed by atoms with Crippen molar-refractivity contribution in [2.24, 2.45) is 0 Å². The minimum absolute atomic E-state index is 0.170. The fourth-order valence-electron chi connectivity index (χ4n) is 1.45. The Kier molecular flexibility index (Phi) is 3.61. The molecule has 0 N–H and O–H groups in total. The van der Waals surface area contributed by atoms with Gasteiger partial charge in [-0.15, -0.1) is 0 Å². The summed E-state index contributed by atoms with van der Waals surface area (Å²) in [6, 6.07) is 7.37. The second-order valence-corrected chi connectivity index (χ2v) is 3.39. The Morgan fingerprint density at radius 1 is 1.27 bits per heavy atom. The lowest BCUT2D eigenvalue weighted by atomic mass is 10.1. The monoisotopic (exact) mass is 205 g/mol. The number of carbonyl (C=O) groups is 2. The summed E-state index contributed by atoms with van der Waals surface area (Å²) in [5.74, 6) is -0.409. The molecule has 0 saturated heterocycles. The SMILES string of the molecule is CCC(=O)N(C(C)=O)c1ccccc1C. The Balaban J connectivity index is 3.16. The molecule has 0 aromatic heterocycles. The smallest absolute Gasteiger partial charge is 0.233 e. The Morgan fingerprint density at radius 2 is 1.87 bits per heavy atom. The van der Waals surface area contributed by atoms with Crippen LogP contribution in [0, 0.1) is 6.92 Å². The molecule has 1 rings (SSSR count). The third-order valence-electron chi connectivity index (χ3n) is 2.22. The van der Waals surface area contributed by atoms with Crippen molar-refractivity contribution in [3.8, 4) is 0 Å². The molecule has 0 radical (unpaired) electrons. The summed E-state index contributed by atoms with van der Waals surface area (Å²) >= 11 is 0. The first-order chi connectivity index (χ1) is 7.07. The second-order valence-electron chi connectivity index (χ2n) is 3.39. The molecule has 0 bridgehead atoms. The fourth-order valence-corrected chi connectivity index (χ4v) is 1.45. The molecule has 0 aliphatic heterocycles. The maximum atomic E-state index is 11.6. The van der Waals surface area contributed by atoms with Gasteiger partial charge >= 0.3 is 0 Å². The van der Waals surface area contributed by atoms with Crippen molar-refractivity contribution in [2.75, 3.05) is 4.90 Å². The predicted molar refractivity (Wildman–Crippen MR) is 59.6 cm³/mol. The van der Waals surface area contributed by atoms with Gasteiger partial charge in [-0.2, -0.15) is 0 Å². The highest BCUT2D eigenvalue weighted by Crippen LogP contribution is 2.20. The van der Waals surface area contributed by atoms with E-state index < -0.39 is 0 Å². The summed E-state index contributed by atoms with van der Waals surface area (Å²) in [5, 5.41) is 0. The van der Waals surface area contributed by atoms with Crippen molar-refractivity contribution in [1.82, 2.24) is 0 Å². The number of rotatable bonds is 2. The Hall–Kier alpha value is -1.64. The fraction of sp³-hybridized carbons (Fsp3) is 0.333. The number of aryl methyl sites for hydroxylation is 1. The van der Waals surface area contributed by atoms with Crippen LogP contribution in [0.25, 0.3) is 0 Å². The van der Waals surface area contributed by atoms with Gasteiger partial charge in [0, 0.05) is 13.3 Å². The standard InChI is InChI=1S/C12H15NO2/c1-4-12(15)13(10(3)14)11-8-6-5-7-9(11)2/h5-8H,4H2,1-3H3. The van der Waals surface area contributed by atoms with Crippen LogP contribution in [0.15, 0.2) is 24.3 Å². The van der Waals surface area contributed by atoms with Crippen LogP contribution in [0.5, 0.6) is 0 Å². The van der Waals surface area contributed by atoms with E-state index in [2.05, 4.69) is 0 Å². The molecule has 0 unspecified atom stereocenters. The molecule has 0 atom stereocenters. The highest BCUT2D eigenvalue weighted by Gasteiger charge is 2.19. The molecule has 2 amide bonds. The molecule has 15 heavy (non-hydrogen) atoms. The lowest BCUT2D eigenvalue weighted by Crippen LogP contribution is -2.35. The van der Waals surface area contributed by atoms with E-state index in [9.17, 15) is 9.59 Å². The van der Waals surface area contributed by atoms with Gasteiger partial charge in [-0.1, -0.05) is 25.1 Å². The quantitative estimate of drug-likeness (QED) is 0.742. The molecule has 0 aliphatic rings. The van der Waals surface area contributed by atoms with E-state index in [4.69, 9.17) is 0 Å². The Morgan fingerprint density at radius 3 is 2.33 bits per heavy atom. The van der Waals surface area contributed by atoms with Crippen LogP contribution >= 0.6 is 0 Å².